The van der Waals surface area contributed by atoms with Gasteiger partial charge >= 0.3 is 0 Å². The Morgan fingerprint density at radius 2 is 1.74 bits per heavy atom. The number of allylic oxidation sites excluding steroid dienone is 1. The second-order valence-corrected chi connectivity index (χ2v) is 4.61. The van der Waals surface area contributed by atoms with Gasteiger partial charge in [-0.3, -0.25) is 4.79 Å². The van der Waals surface area contributed by atoms with E-state index in [1.54, 1.807) is 0 Å². The van der Waals surface area contributed by atoms with Crippen LogP contribution in [0.3, 0.4) is 0 Å². The third-order valence-corrected chi connectivity index (χ3v) is 3.18. The van der Waals surface area contributed by atoms with Crippen molar-refractivity contribution in [1.29, 1.82) is 0 Å². The number of ketones is 1. The summed E-state index contributed by atoms with van der Waals surface area (Å²) in [7, 11) is 2.64. The van der Waals surface area contributed by atoms with Crippen LogP contribution in [-0.4, -0.2) is 30.2 Å². The topological polar surface area (TPSA) is 76.0 Å². The quantitative estimate of drug-likeness (QED) is 0.503. The third-order valence-electron chi connectivity index (χ3n) is 3.18. The SMILES string of the molecule is COc1cc(C(=O)/C=C/c2ccc(F)cc2)c(O)c(O)c1OC. The predicted octanol–water partition coefficient (Wildman–Crippen LogP) is 3.15. The van der Waals surface area contributed by atoms with Crippen LogP contribution in [0.5, 0.6) is 23.0 Å². The lowest BCUT2D eigenvalue weighted by atomic mass is 10.1. The molecule has 0 aliphatic rings. The first-order chi connectivity index (χ1) is 11.0. The lowest BCUT2D eigenvalue weighted by Gasteiger charge is -2.12. The van der Waals surface area contributed by atoms with Crippen molar-refractivity contribution in [2.24, 2.45) is 0 Å². The molecule has 0 aromatic heterocycles. The van der Waals surface area contributed by atoms with Gasteiger partial charge in [0.2, 0.25) is 11.5 Å². The lowest BCUT2D eigenvalue weighted by molar-refractivity contribution is 0.104. The van der Waals surface area contributed by atoms with Gasteiger partial charge in [-0.15, -0.1) is 0 Å². The van der Waals surface area contributed by atoms with Crippen LogP contribution in [0.2, 0.25) is 0 Å². The molecule has 0 unspecified atom stereocenters. The molecule has 2 N–H and O–H groups in total. The molecule has 0 saturated carbocycles. The largest absolute Gasteiger partial charge is 0.504 e. The van der Waals surface area contributed by atoms with Crippen LogP contribution < -0.4 is 9.47 Å². The van der Waals surface area contributed by atoms with Gasteiger partial charge in [-0.05, 0) is 29.8 Å². The van der Waals surface area contributed by atoms with E-state index in [1.807, 2.05) is 0 Å². The highest BCUT2D eigenvalue weighted by Gasteiger charge is 2.21. The van der Waals surface area contributed by atoms with E-state index in [9.17, 15) is 19.4 Å². The number of hydrogen-bond acceptors (Lipinski definition) is 5. The van der Waals surface area contributed by atoms with E-state index in [-0.39, 0.29) is 22.9 Å². The first-order valence-electron chi connectivity index (χ1n) is 6.62. The van der Waals surface area contributed by atoms with Crippen LogP contribution >= 0.6 is 0 Å². The molecule has 2 aromatic carbocycles. The van der Waals surface area contributed by atoms with Crippen molar-refractivity contribution in [3.63, 3.8) is 0 Å². The summed E-state index contributed by atoms with van der Waals surface area (Å²) in [4.78, 5) is 12.2. The fourth-order valence-corrected chi connectivity index (χ4v) is 1.99. The molecule has 0 heterocycles. The van der Waals surface area contributed by atoms with Crippen molar-refractivity contribution < 1.29 is 28.9 Å². The number of carbonyl (C=O) groups excluding carboxylic acids is 1. The number of hydrogen-bond donors (Lipinski definition) is 2. The molecule has 0 fully saturated rings. The standard InChI is InChI=1S/C17H15FO5/c1-22-14-9-12(15(20)16(21)17(14)23-2)13(19)8-5-10-3-6-11(18)7-4-10/h3-9,20-21H,1-2H3/b8-5+. The van der Waals surface area contributed by atoms with Gasteiger partial charge in [0.1, 0.15) is 5.82 Å². The molecule has 0 atom stereocenters. The summed E-state index contributed by atoms with van der Waals surface area (Å²) in [6.07, 6.45) is 2.67. The highest BCUT2D eigenvalue weighted by atomic mass is 19.1. The molecule has 6 heteroatoms. The number of carbonyl (C=O) groups is 1. The van der Waals surface area contributed by atoms with E-state index in [2.05, 4.69) is 0 Å². The van der Waals surface area contributed by atoms with Crippen molar-refractivity contribution in [1.82, 2.24) is 0 Å². The van der Waals surface area contributed by atoms with Gasteiger partial charge in [-0.25, -0.2) is 4.39 Å². The maximum Gasteiger partial charge on any atom is 0.207 e. The second-order valence-electron chi connectivity index (χ2n) is 4.61. The van der Waals surface area contributed by atoms with E-state index in [0.29, 0.717) is 5.56 Å². The maximum atomic E-state index is 12.8. The summed E-state index contributed by atoms with van der Waals surface area (Å²) >= 11 is 0. The number of phenols is 2. The van der Waals surface area contributed by atoms with Crippen LogP contribution in [0.25, 0.3) is 6.08 Å². The number of ether oxygens (including phenoxy) is 2. The first kappa shape index (κ1) is 16.4. The van der Waals surface area contributed by atoms with Gasteiger partial charge in [-0.1, -0.05) is 18.2 Å². The number of rotatable bonds is 5. The lowest BCUT2D eigenvalue weighted by Crippen LogP contribution is -1.99. The highest BCUT2D eigenvalue weighted by Crippen LogP contribution is 2.45. The van der Waals surface area contributed by atoms with Crippen LogP contribution in [-0.2, 0) is 0 Å². The fraction of sp³-hybridized carbons (Fsp3) is 0.118. The van der Waals surface area contributed by atoms with Gasteiger partial charge < -0.3 is 19.7 Å². The van der Waals surface area contributed by atoms with Crippen LogP contribution in [0.1, 0.15) is 15.9 Å². The van der Waals surface area contributed by atoms with Crippen molar-refractivity contribution in [3.8, 4) is 23.0 Å². The zero-order valence-electron chi connectivity index (χ0n) is 12.5. The summed E-state index contributed by atoms with van der Waals surface area (Å²) in [5.41, 5.74) is 0.474. The Morgan fingerprint density at radius 1 is 1.09 bits per heavy atom. The molecule has 0 bridgehead atoms. The summed E-state index contributed by atoms with van der Waals surface area (Å²) < 4.78 is 22.8. The van der Waals surface area contributed by atoms with Crippen LogP contribution in [0, 0.1) is 5.82 Å². The molecule has 2 aromatic rings. The zero-order chi connectivity index (χ0) is 17.0. The normalized spacial score (nSPS) is 10.7. The predicted molar refractivity (Wildman–Crippen MR) is 82.6 cm³/mol. The average molecular weight is 318 g/mol. The van der Waals surface area contributed by atoms with Crippen molar-refractivity contribution in [2.45, 2.75) is 0 Å². The van der Waals surface area contributed by atoms with E-state index in [0.717, 1.165) is 0 Å². The number of aromatic hydroxyl groups is 2. The maximum absolute atomic E-state index is 12.8. The van der Waals surface area contributed by atoms with Crippen LogP contribution in [0.4, 0.5) is 4.39 Å². The summed E-state index contributed by atoms with van der Waals surface area (Å²) in [5, 5.41) is 19.8. The average Bonchev–Trinajstić information content (AvgIpc) is 2.56. The van der Waals surface area contributed by atoms with E-state index in [1.165, 1.54) is 56.7 Å². The third kappa shape index (κ3) is 3.42. The first-order valence-corrected chi connectivity index (χ1v) is 6.62. The second kappa shape index (κ2) is 6.83. The monoisotopic (exact) mass is 318 g/mol. The summed E-state index contributed by atoms with van der Waals surface area (Å²) in [6.45, 7) is 0. The Bertz CT molecular complexity index is 751. The molecule has 0 amide bonds. The molecular formula is C17H15FO5. The van der Waals surface area contributed by atoms with E-state index >= 15 is 0 Å². The van der Waals surface area contributed by atoms with Gasteiger partial charge in [0.15, 0.2) is 17.3 Å². The molecule has 23 heavy (non-hydrogen) atoms. The minimum absolute atomic E-state index is 0.0657. The minimum atomic E-state index is -0.601. The molecule has 0 aliphatic carbocycles. The Labute approximate surface area is 132 Å². The molecular weight excluding hydrogens is 303 g/mol. The van der Waals surface area contributed by atoms with Gasteiger partial charge in [0, 0.05) is 0 Å². The number of benzene rings is 2. The summed E-state index contributed by atoms with van der Waals surface area (Å²) in [6, 6.07) is 6.81. The number of phenolic OH excluding ortho intramolecular Hbond substituents is 2. The van der Waals surface area contributed by atoms with E-state index < -0.39 is 17.3 Å². The van der Waals surface area contributed by atoms with Gasteiger partial charge in [0.25, 0.3) is 0 Å². The minimum Gasteiger partial charge on any atom is -0.504 e. The van der Waals surface area contributed by atoms with Crippen molar-refractivity contribution >= 4 is 11.9 Å². The number of methoxy groups -OCH3 is 2. The Morgan fingerprint density at radius 3 is 2.30 bits per heavy atom. The van der Waals surface area contributed by atoms with Crippen molar-refractivity contribution in [2.75, 3.05) is 14.2 Å². The molecule has 120 valence electrons. The van der Waals surface area contributed by atoms with Gasteiger partial charge in [0.05, 0.1) is 19.8 Å². The fourth-order valence-electron chi connectivity index (χ4n) is 1.99. The Kier molecular flexibility index (Phi) is 4.85. The molecule has 5 nitrogen and oxygen atoms in total. The molecule has 2 rings (SSSR count). The number of halogens is 1. The highest BCUT2D eigenvalue weighted by molar-refractivity contribution is 6.09. The van der Waals surface area contributed by atoms with Gasteiger partial charge in [-0.2, -0.15) is 0 Å². The Balaban J connectivity index is 2.35. The molecule has 0 radical (unpaired) electrons. The zero-order valence-corrected chi connectivity index (χ0v) is 12.5. The molecule has 0 aliphatic heterocycles. The van der Waals surface area contributed by atoms with Crippen molar-refractivity contribution in [3.05, 3.63) is 53.4 Å². The van der Waals surface area contributed by atoms with Crippen LogP contribution in [0.15, 0.2) is 36.4 Å². The smallest absolute Gasteiger partial charge is 0.207 e. The molecule has 0 saturated heterocycles. The summed E-state index contributed by atoms with van der Waals surface area (Å²) in [5.74, 6) is -2.06. The van der Waals surface area contributed by atoms with E-state index in [4.69, 9.17) is 9.47 Å². The molecule has 0 spiro atoms. The Hall–Kier alpha value is -3.02.